The molecule has 0 bridgehead atoms. The predicted octanol–water partition coefficient (Wildman–Crippen LogP) is 3.57. The van der Waals surface area contributed by atoms with E-state index in [1.807, 2.05) is 0 Å². The molecule has 3 aliphatic rings. The van der Waals surface area contributed by atoms with Crippen LogP contribution in [0, 0.1) is 17.7 Å². The van der Waals surface area contributed by atoms with Crippen molar-refractivity contribution < 1.29 is 19.1 Å². The third-order valence-electron chi connectivity index (χ3n) is 6.78. The number of likely N-dealkylation sites (tertiary alicyclic amines) is 2. The summed E-state index contributed by atoms with van der Waals surface area (Å²) in [5.41, 5.74) is 1.61. The van der Waals surface area contributed by atoms with Gasteiger partial charge in [0.25, 0.3) is 0 Å². The number of ketones is 1. The molecular weight excluding hydrogens is 415 g/mol. The first kappa shape index (κ1) is 22.5. The number of Topliss-reactive ketones (excluding diaryl/α,β-unsaturated/α-hetero) is 1. The fraction of sp³-hybridized carbons (Fsp3) is 0.583. The predicted molar refractivity (Wildman–Crippen MR) is 121 cm³/mol. The van der Waals surface area contributed by atoms with E-state index in [-0.39, 0.29) is 28.7 Å². The van der Waals surface area contributed by atoms with E-state index in [1.165, 1.54) is 6.07 Å². The van der Waals surface area contributed by atoms with Crippen LogP contribution in [0.3, 0.4) is 0 Å². The number of benzene rings is 1. The van der Waals surface area contributed by atoms with Crippen LogP contribution in [0.2, 0.25) is 0 Å². The van der Waals surface area contributed by atoms with Crippen molar-refractivity contribution in [2.75, 3.05) is 32.7 Å². The Morgan fingerprint density at radius 2 is 1.94 bits per heavy atom. The molecule has 5 nitrogen and oxygen atoms in total. The number of hydrogen-bond donors (Lipinski definition) is 2. The van der Waals surface area contributed by atoms with Crippen molar-refractivity contribution in [3.8, 4) is 0 Å². The van der Waals surface area contributed by atoms with Crippen LogP contribution < -0.4 is 0 Å². The second-order valence-corrected chi connectivity index (χ2v) is 9.71. The molecule has 7 heteroatoms. The summed E-state index contributed by atoms with van der Waals surface area (Å²) >= 11 is 4.76. The Morgan fingerprint density at radius 3 is 2.65 bits per heavy atom. The maximum absolute atomic E-state index is 14.6. The third kappa shape index (κ3) is 5.38. The maximum atomic E-state index is 14.6. The minimum absolute atomic E-state index is 0.0482. The summed E-state index contributed by atoms with van der Waals surface area (Å²) in [5.74, 6) is -1.18. The molecule has 2 saturated heterocycles. The highest BCUT2D eigenvalue weighted by Gasteiger charge is 2.40. The number of nitrogens with zero attached hydrogens (tertiary/aromatic N) is 2. The summed E-state index contributed by atoms with van der Waals surface area (Å²) in [4.78, 5) is 28.8. The highest BCUT2D eigenvalue weighted by atomic mass is 32.1. The number of carboxylic acid groups (broad SMARTS) is 1. The van der Waals surface area contributed by atoms with Crippen LogP contribution in [-0.4, -0.2) is 64.6 Å². The fourth-order valence-corrected chi connectivity index (χ4v) is 5.10. The van der Waals surface area contributed by atoms with Crippen molar-refractivity contribution >= 4 is 24.4 Å². The number of rotatable bonds is 7. The Hall–Kier alpha value is -1.70. The Kier molecular flexibility index (Phi) is 7.14. The Labute approximate surface area is 188 Å². The number of piperidine rings is 2. The summed E-state index contributed by atoms with van der Waals surface area (Å²) < 4.78 is 14.6. The average molecular weight is 447 g/mol. The maximum Gasteiger partial charge on any atom is 0.307 e. The largest absolute Gasteiger partial charge is 0.481 e. The van der Waals surface area contributed by atoms with E-state index in [9.17, 15) is 19.1 Å². The fourth-order valence-electron chi connectivity index (χ4n) is 4.80. The molecule has 0 radical (unpaired) electrons. The van der Waals surface area contributed by atoms with Crippen molar-refractivity contribution in [2.24, 2.45) is 11.8 Å². The van der Waals surface area contributed by atoms with E-state index in [0.717, 1.165) is 44.2 Å². The van der Waals surface area contributed by atoms with Crippen molar-refractivity contribution in [1.82, 2.24) is 9.80 Å². The lowest BCUT2D eigenvalue weighted by atomic mass is 9.93. The van der Waals surface area contributed by atoms with Crippen molar-refractivity contribution in [3.05, 3.63) is 47.3 Å². The van der Waals surface area contributed by atoms with Crippen LogP contribution in [0.15, 0.2) is 35.9 Å². The van der Waals surface area contributed by atoms with Gasteiger partial charge in [0.2, 0.25) is 0 Å². The first-order valence-electron chi connectivity index (χ1n) is 11.3. The molecule has 2 aliphatic heterocycles. The van der Waals surface area contributed by atoms with Gasteiger partial charge in [-0.1, -0.05) is 24.3 Å². The standard InChI is InChI=1S/C24H31FN2O3S/c25-20-6-2-1-5-19(20)22(23(28)16-7-8-16)27-13-10-21(31)17(15-27)9-12-26-11-3-4-18(14-26)24(29)30/h1-2,5-6,9,16,18,21-22,31H,3-4,7-8,10-15H2,(H,29,30). The lowest BCUT2D eigenvalue weighted by Crippen LogP contribution is -2.43. The number of hydrogen-bond acceptors (Lipinski definition) is 5. The van der Waals surface area contributed by atoms with Crippen LogP contribution in [0.25, 0.3) is 0 Å². The Bertz CT molecular complexity index is 857. The lowest BCUT2D eigenvalue weighted by molar-refractivity contribution is -0.143. The van der Waals surface area contributed by atoms with Gasteiger partial charge in [0.15, 0.2) is 5.78 Å². The van der Waals surface area contributed by atoms with Crippen molar-refractivity contribution in [1.29, 1.82) is 0 Å². The molecule has 31 heavy (non-hydrogen) atoms. The van der Waals surface area contributed by atoms with Gasteiger partial charge in [-0.3, -0.25) is 19.4 Å². The van der Waals surface area contributed by atoms with Gasteiger partial charge < -0.3 is 5.11 Å². The molecule has 3 fully saturated rings. The highest BCUT2D eigenvalue weighted by Crippen LogP contribution is 2.39. The van der Waals surface area contributed by atoms with E-state index in [2.05, 4.69) is 15.9 Å². The summed E-state index contributed by atoms with van der Waals surface area (Å²) in [6.07, 6.45) is 6.37. The molecule has 1 aromatic carbocycles. The zero-order valence-electron chi connectivity index (χ0n) is 17.8. The van der Waals surface area contributed by atoms with E-state index in [1.54, 1.807) is 18.2 Å². The first-order valence-corrected chi connectivity index (χ1v) is 11.8. The summed E-state index contributed by atoms with van der Waals surface area (Å²) in [5, 5.41) is 9.42. The van der Waals surface area contributed by atoms with E-state index in [4.69, 9.17) is 12.6 Å². The van der Waals surface area contributed by atoms with Gasteiger partial charge in [-0.25, -0.2) is 4.39 Å². The number of carboxylic acids is 1. The van der Waals surface area contributed by atoms with E-state index < -0.39 is 12.0 Å². The van der Waals surface area contributed by atoms with Gasteiger partial charge in [-0.05, 0) is 50.3 Å². The van der Waals surface area contributed by atoms with Crippen LogP contribution in [-0.2, 0) is 9.59 Å². The molecule has 1 aromatic rings. The zero-order valence-corrected chi connectivity index (χ0v) is 18.6. The lowest BCUT2D eigenvalue weighted by Gasteiger charge is -2.38. The van der Waals surface area contributed by atoms with Gasteiger partial charge in [0, 0.05) is 42.9 Å². The van der Waals surface area contributed by atoms with Gasteiger partial charge >= 0.3 is 5.97 Å². The number of aliphatic carboxylic acids is 1. The molecule has 2 heterocycles. The molecule has 3 atom stereocenters. The molecule has 1 saturated carbocycles. The highest BCUT2D eigenvalue weighted by molar-refractivity contribution is 7.81. The summed E-state index contributed by atoms with van der Waals surface area (Å²) in [6, 6.07) is 6.06. The molecule has 168 valence electrons. The number of carbonyl (C=O) groups excluding carboxylic acids is 1. The van der Waals surface area contributed by atoms with E-state index >= 15 is 0 Å². The molecule has 1 N–H and O–H groups in total. The first-order chi connectivity index (χ1) is 14.9. The summed E-state index contributed by atoms with van der Waals surface area (Å²) in [6.45, 7) is 3.44. The van der Waals surface area contributed by atoms with Crippen molar-refractivity contribution in [2.45, 2.75) is 43.4 Å². The van der Waals surface area contributed by atoms with Crippen molar-refractivity contribution in [3.63, 3.8) is 0 Å². The minimum Gasteiger partial charge on any atom is -0.481 e. The van der Waals surface area contributed by atoms with Crippen LogP contribution in [0.5, 0.6) is 0 Å². The van der Waals surface area contributed by atoms with Gasteiger partial charge in [0.05, 0.1) is 12.0 Å². The SMILES string of the molecule is O=C(O)C1CCCN(CC=C2CN(C(C(=O)C3CC3)c3ccccc3F)CCC2S)C1. The molecular formula is C24H31FN2O3S. The number of carbonyl (C=O) groups is 2. The van der Waals surface area contributed by atoms with Crippen LogP contribution in [0.4, 0.5) is 4.39 Å². The average Bonchev–Trinajstić information content (AvgIpc) is 3.61. The van der Waals surface area contributed by atoms with Gasteiger partial charge in [0.1, 0.15) is 5.82 Å². The minimum atomic E-state index is -0.723. The Morgan fingerprint density at radius 1 is 1.16 bits per heavy atom. The van der Waals surface area contributed by atoms with Gasteiger partial charge in [-0.15, -0.1) is 0 Å². The number of thiol groups is 1. The topological polar surface area (TPSA) is 60.9 Å². The zero-order chi connectivity index (χ0) is 22.0. The molecule has 1 aliphatic carbocycles. The molecule has 0 spiro atoms. The molecule has 0 aromatic heterocycles. The van der Waals surface area contributed by atoms with Gasteiger partial charge in [-0.2, -0.15) is 12.6 Å². The normalized spacial score (nSPS) is 27.9. The molecule has 3 unspecified atom stereocenters. The molecule has 0 amide bonds. The molecule has 4 rings (SSSR count). The third-order valence-corrected chi connectivity index (χ3v) is 7.37. The van der Waals surface area contributed by atoms with Crippen LogP contribution in [0.1, 0.15) is 43.7 Å². The van der Waals surface area contributed by atoms with E-state index in [0.29, 0.717) is 31.7 Å². The Balaban J connectivity index is 1.49. The second kappa shape index (κ2) is 9.84. The number of halogens is 1. The smallest absolute Gasteiger partial charge is 0.307 e. The quantitative estimate of drug-likeness (QED) is 0.495. The summed E-state index contributed by atoms with van der Waals surface area (Å²) in [7, 11) is 0. The monoisotopic (exact) mass is 446 g/mol. The second-order valence-electron chi connectivity index (χ2n) is 9.09. The van der Waals surface area contributed by atoms with Crippen LogP contribution >= 0.6 is 12.6 Å².